The lowest BCUT2D eigenvalue weighted by molar-refractivity contribution is -0.125. The van der Waals surface area contributed by atoms with Gasteiger partial charge in [0.1, 0.15) is 6.61 Å². The van der Waals surface area contributed by atoms with Crippen molar-refractivity contribution < 1.29 is 19.7 Å². The van der Waals surface area contributed by atoms with E-state index in [4.69, 9.17) is 5.11 Å². The van der Waals surface area contributed by atoms with Crippen LogP contribution in [0.25, 0.3) is 0 Å². The third kappa shape index (κ3) is 2.94. The molecule has 5 heteroatoms. The maximum absolute atomic E-state index is 11.1. The Labute approximate surface area is 83.1 Å². The zero-order chi connectivity index (χ0) is 10.6. The van der Waals surface area contributed by atoms with Crippen LogP contribution >= 0.6 is 0 Å². The first-order valence-electron chi connectivity index (χ1n) is 4.74. The van der Waals surface area contributed by atoms with E-state index in [0.717, 1.165) is 0 Å². The fourth-order valence-corrected chi connectivity index (χ4v) is 1.82. The summed E-state index contributed by atoms with van der Waals surface area (Å²) in [6.07, 6.45) is 0.640. The SMILES string of the molecule is COCC(=O)N[C@H]1C[C@@H](CO)[C@@H](O)C1. The summed E-state index contributed by atoms with van der Waals surface area (Å²) in [5.41, 5.74) is 0. The van der Waals surface area contributed by atoms with Gasteiger partial charge in [-0.05, 0) is 12.8 Å². The van der Waals surface area contributed by atoms with Crippen molar-refractivity contribution in [2.75, 3.05) is 20.3 Å². The van der Waals surface area contributed by atoms with Crippen molar-refractivity contribution in [2.24, 2.45) is 5.92 Å². The molecule has 1 fully saturated rings. The second-order valence-electron chi connectivity index (χ2n) is 3.68. The molecule has 0 aromatic heterocycles. The molecule has 1 amide bonds. The highest BCUT2D eigenvalue weighted by molar-refractivity contribution is 5.77. The Morgan fingerprint density at radius 1 is 1.57 bits per heavy atom. The molecule has 5 nitrogen and oxygen atoms in total. The fraction of sp³-hybridized carbons (Fsp3) is 0.889. The zero-order valence-electron chi connectivity index (χ0n) is 8.27. The van der Waals surface area contributed by atoms with Crippen LogP contribution in [-0.4, -0.2) is 48.6 Å². The normalized spacial score (nSPS) is 31.8. The molecule has 0 aliphatic heterocycles. The summed E-state index contributed by atoms with van der Waals surface area (Å²) in [6, 6.07) is -0.0372. The molecule has 1 rings (SSSR count). The topological polar surface area (TPSA) is 78.8 Å². The number of methoxy groups -OCH3 is 1. The van der Waals surface area contributed by atoms with Crippen LogP contribution in [0.3, 0.4) is 0 Å². The molecular formula is C9H17NO4. The smallest absolute Gasteiger partial charge is 0.246 e. The van der Waals surface area contributed by atoms with Crippen LogP contribution in [-0.2, 0) is 9.53 Å². The number of rotatable bonds is 4. The van der Waals surface area contributed by atoms with E-state index in [1.807, 2.05) is 0 Å². The quantitative estimate of drug-likeness (QED) is 0.541. The van der Waals surface area contributed by atoms with Crippen molar-refractivity contribution in [3.63, 3.8) is 0 Å². The first kappa shape index (κ1) is 11.4. The lowest BCUT2D eigenvalue weighted by atomic mass is 10.1. The van der Waals surface area contributed by atoms with Gasteiger partial charge in [0.15, 0.2) is 0 Å². The summed E-state index contributed by atoms with van der Waals surface area (Å²) >= 11 is 0. The highest BCUT2D eigenvalue weighted by atomic mass is 16.5. The number of aliphatic hydroxyl groups is 2. The average molecular weight is 203 g/mol. The van der Waals surface area contributed by atoms with Crippen molar-refractivity contribution in [3.8, 4) is 0 Å². The van der Waals surface area contributed by atoms with Crippen LogP contribution in [0.15, 0.2) is 0 Å². The Bertz CT molecular complexity index is 197. The van der Waals surface area contributed by atoms with Gasteiger partial charge in [0, 0.05) is 25.7 Å². The molecule has 0 unspecified atom stereocenters. The van der Waals surface area contributed by atoms with E-state index in [1.54, 1.807) is 0 Å². The predicted octanol–water partition coefficient (Wildman–Crippen LogP) is -1.12. The Morgan fingerprint density at radius 2 is 2.29 bits per heavy atom. The number of hydrogen-bond acceptors (Lipinski definition) is 4. The van der Waals surface area contributed by atoms with Crippen LogP contribution in [0.4, 0.5) is 0 Å². The van der Waals surface area contributed by atoms with Crippen LogP contribution in [0.5, 0.6) is 0 Å². The molecule has 3 N–H and O–H groups in total. The van der Waals surface area contributed by atoms with E-state index in [9.17, 15) is 9.90 Å². The van der Waals surface area contributed by atoms with E-state index in [2.05, 4.69) is 10.1 Å². The molecule has 82 valence electrons. The third-order valence-electron chi connectivity index (χ3n) is 2.53. The summed E-state index contributed by atoms with van der Waals surface area (Å²) in [5, 5.41) is 21.1. The van der Waals surface area contributed by atoms with Gasteiger partial charge in [-0.25, -0.2) is 0 Å². The first-order valence-corrected chi connectivity index (χ1v) is 4.74. The van der Waals surface area contributed by atoms with E-state index in [-0.39, 0.29) is 31.1 Å². The molecule has 1 saturated carbocycles. The maximum atomic E-state index is 11.1. The molecule has 0 saturated heterocycles. The molecule has 14 heavy (non-hydrogen) atoms. The Balaban J connectivity index is 2.31. The van der Waals surface area contributed by atoms with Crippen molar-refractivity contribution >= 4 is 5.91 Å². The van der Waals surface area contributed by atoms with E-state index in [1.165, 1.54) is 7.11 Å². The van der Waals surface area contributed by atoms with Crippen LogP contribution in [0.1, 0.15) is 12.8 Å². The van der Waals surface area contributed by atoms with Crippen molar-refractivity contribution in [3.05, 3.63) is 0 Å². The lowest BCUT2D eigenvalue weighted by Gasteiger charge is -2.11. The number of nitrogens with one attached hydrogen (secondary N) is 1. The average Bonchev–Trinajstić information content (AvgIpc) is 2.46. The lowest BCUT2D eigenvalue weighted by Crippen LogP contribution is -2.35. The molecule has 3 atom stereocenters. The number of ether oxygens (including phenoxy) is 1. The highest BCUT2D eigenvalue weighted by Crippen LogP contribution is 2.25. The maximum Gasteiger partial charge on any atom is 0.246 e. The van der Waals surface area contributed by atoms with Crippen LogP contribution in [0.2, 0.25) is 0 Å². The fourth-order valence-electron chi connectivity index (χ4n) is 1.82. The predicted molar refractivity (Wildman–Crippen MR) is 49.6 cm³/mol. The molecule has 0 aromatic rings. The minimum Gasteiger partial charge on any atom is -0.396 e. The monoisotopic (exact) mass is 203 g/mol. The number of hydrogen-bond donors (Lipinski definition) is 3. The molecule has 1 aliphatic rings. The molecular weight excluding hydrogens is 186 g/mol. The first-order chi connectivity index (χ1) is 6.67. The molecule has 0 heterocycles. The molecule has 0 radical (unpaired) electrons. The van der Waals surface area contributed by atoms with Crippen molar-refractivity contribution in [1.29, 1.82) is 0 Å². The highest BCUT2D eigenvalue weighted by Gasteiger charge is 2.32. The van der Waals surface area contributed by atoms with Gasteiger partial charge in [-0.2, -0.15) is 0 Å². The van der Waals surface area contributed by atoms with Gasteiger partial charge in [-0.1, -0.05) is 0 Å². The van der Waals surface area contributed by atoms with Gasteiger partial charge in [0.05, 0.1) is 6.10 Å². The number of aliphatic hydroxyl groups excluding tert-OH is 2. The van der Waals surface area contributed by atoms with E-state index < -0.39 is 6.10 Å². The van der Waals surface area contributed by atoms with Gasteiger partial charge in [-0.3, -0.25) is 4.79 Å². The Morgan fingerprint density at radius 3 is 2.79 bits per heavy atom. The summed E-state index contributed by atoms with van der Waals surface area (Å²) < 4.78 is 4.67. The van der Waals surface area contributed by atoms with Gasteiger partial charge in [0.25, 0.3) is 0 Å². The number of carbonyl (C=O) groups is 1. The summed E-state index contributed by atoms with van der Waals surface area (Å²) in [4.78, 5) is 11.1. The van der Waals surface area contributed by atoms with Crippen molar-refractivity contribution in [1.82, 2.24) is 5.32 Å². The minimum absolute atomic E-state index is 0.0299. The second kappa shape index (κ2) is 5.29. The molecule has 1 aliphatic carbocycles. The van der Waals surface area contributed by atoms with E-state index in [0.29, 0.717) is 12.8 Å². The van der Waals surface area contributed by atoms with Gasteiger partial charge >= 0.3 is 0 Å². The summed E-state index contributed by atoms with van der Waals surface area (Å²) in [7, 11) is 1.46. The number of carbonyl (C=O) groups excluding carboxylic acids is 1. The number of amides is 1. The molecule has 0 aromatic carbocycles. The standard InChI is InChI=1S/C9H17NO4/c1-14-5-9(13)10-7-2-6(4-11)8(12)3-7/h6-8,11-12H,2-5H2,1H3,(H,10,13)/t6-,7-,8-/m0/s1. The molecule has 0 bridgehead atoms. The van der Waals surface area contributed by atoms with Crippen molar-refractivity contribution in [2.45, 2.75) is 25.0 Å². The van der Waals surface area contributed by atoms with Gasteiger partial charge in [-0.15, -0.1) is 0 Å². The summed E-state index contributed by atoms with van der Waals surface area (Å²) in [5.74, 6) is -0.286. The second-order valence-corrected chi connectivity index (χ2v) is 3.68. The zero-order valence-corrected chi connectivity index (χ0v) is 8.27. The third-order valence-corrected chi connectivity index (χ3v) is 2.53. The Kier molecular flexibility index (Phi) is 4.31. The van der Waals surface area contributed by atoms with E-state index >= 15 is 0 Å². The summed E-state index contributed by atoms with van der Waals surface area (Å²) in [6.45, 7) is 0.00814. The largest absolute Gasteiger partial charge is 0.396 e. The van der Waals surface area contributed by atoms with Gasteiger partial charge < -0.3 is 20.3 Å². The minimum atomic E-state index is -0.507. The Hall–Kier alpha value is -0.650. The van der Waals surface area contributed by atoms with Gasteiger partial charge in [0.2, 0.25) is 5.91 Å². The molecule has 0 spiro atoms. The van der Waals surface area contributed by atoms with Crippen LogP contribution < -0.4 is 5.32 Å². The van der Waals surface area contributed by atoms with Crippen LogP contribution in [0, 0.1) is 5.92 Å².